The third kappa shape index (κ3) is 1.65. The van der Waals surface area contributed by atoms with Crippen LogP contribution in [0.3, 0.4) is 0 Å². The molecule has 20 heavy (non-hydrogen) atoms. The SMILES string of the molecule is CC1(c2nc(-c3ccc(F)cc3)c3ccccn23)CO1. The van der Waals surface area contributed by atoms with Gasteiger partial charge in [-0.25, -0.2) is 9.37 Å². The molecule has 3 nitrogen and oxygen atoms in total. The molecule has 3 aromatic rings. The molecule has 100 valence electrons. The molecule has 0 amide bonds. The number of halogens is 1. The summed E-state index contributed by atoms with van der Waals surface area (Å²) in [4.78, 5) is 4.74. The van der Waals surface area contributed by atoms with E-state index in [1.165, 1.54) is 12.1 Å². The Hall–Kier alpha value is -2.20. The number of hydrogen-bond donors (Lipinski definition) is 0. The fraction of sp³-hybridized carbons (Fsp3) is 0.188. The third-order valence-electron chi connectivity index (χ3n) is 3.72. The van der Waals surface area contributed by atoms with Crippen molar-refractivity contribution in [2.75, 3.05) is 6.61 Å². The van der Waals surface area contributed by atoms with Crippen LogP contribution in [0.15, 0.2) is 48.7 Å². The minimum atomic E-state index is -0.303. The zero-order valence-electron chi connectivity index (χ0n) is 11.0. The molecule has 0 aliphatic carbocycles. The second kappa shape index (κ2) is 3.90. The van der Waals surface area contributed by atoms with E-state index in [0.717, 1.165) is 22.6 Å². The van der Waals surface area contributed by atoms with Gasteiger partial charge in [-0.2, -0.15) is 0 Å². The van der Waals surface area contributed by atoms with Crippen molar-refractivity contribution in [2.45, 2.75) is 12.5 Å². The lowest BCUT2D eigenvalue weighted by molar-refractivity contribution is 0.316. The van der Waals surface area contributed by atoms with E-state index < -0.39 is 0 Å². The van der Waals surface area contributed by atoms with Gasteiger partial charge < -0.3 is 9.14 Å². The summed E-state index contributed by atoms with van der Waals surface area (Å²) in [5.74, 6) is 0.655. The van der Waals surface area contributed by atoms with Crippen molar-refractivity contribution in [3.05, 3.63) is 60.3 Å². The van der Waals surface area contributed by atoms with E-state index in [4.69, 9.17) is 9.72 Å². The van der Waals surface area contributed by atoms with Gasteiger partial charge in [0.15, 0.2) is 0 Å². The van der Waals surface area contributed by atoms with E-state index in [9.17, 15) is 4.39 Å². The molecule has 2 aromatic heterocycles. The van der Waals surface area contributed by atoms with Crippen molar-refractivity contribution in [2.24, 2.45) is 0 Å². The topological polar surface area (TPSA) is 29.8 Å². The van der Waals surface area contributed by atoms with Gasteiger partial charge in [-0.15, -0.1) is 0 Å². The zero-order valence-corrected chi connectivity index (χ0v) is 11.0. The van der Waals surface area contributed by atoms with Crippen LogP contribution >= 0.6 is 0 Å². The monoisotopic (exact) mass is 268 g/mol. The normalized spacial score (nSPS) is 21.3. The number of aromatic nitrogens is 2. The third-order valence-corrected chi connectivity index (χ3v) is 3.72. The average Bonchev–Trinajstić information content (AvgIpc) is 3.09. The number of imidazole rings is 1. The molecule has 1 saturated heterocycles. The Kier molecular flexibility index (Phi) is 2.26. The number of epoxide rings is 1. The Bertz CT molecular complexity index is 788. The van der Waals surface area contributed by atoms with Crippen LogP contribution in [0.5, 0.6) is 0 Å². The Balaban J connectivity index is 1.98. The van der Waals surface area contributed by atoms with Gasteiger partial charge in [0, 0.05) is 11.8 Å². The Labute approximate surface area is 115 Å². The fourth-order valence-corrected chi connectivity index (χ4v) is 2.47. The van der Waals surface area contributed by atoms with Gasteiger partial charge in [-0.1, -0.05) is 6.07 Å². The molecule has 3 heterocycles. The van der Waals surface area contributed by atoms with Crippen molar-refractivity contribution in [3.63, 3.8) is 0 Å². The number of hydrogen-bond acceptors (Lipinski definition) is 2. The highest BCUT2D eigenvalue weighted by atomic mass is 19.1. The highest BCUT2D eigenvalue weighted by Gasteiger charge is 2.45. The molecular formula is C16H13FN2O. The summed E-state index contributed by atoms with van der Waals surface area (Å²) >= 11 is 0. The standard InChI is InChI=1S/C16H13FN2O/c1-16(10-20-16)15-18-14(11-5-7-12(17)8-6-11)13-4-2-3-9-19(13)15/h2-9H,10H2,1H3. The van der Waals surface area contributed by atoms with Crippen molar-refractivity contribution >= 4 is 5.52 Å². The van der Waals surface area contributed by atoms with Crippen LogP contribution in [0.4, 0.5) is 4.39 Å². The summed E-state index contributed by atoms with van der Waals surface area (Å²) in [7, 11) is 0. The fourth-order valence-electron chi connectivity index (χ4n) is 2.47. The van der Waals surface area contributed by atoms with Crippen LogP contribution in [-0.4, -0.2) is 16.0 Å². The van der Waals surface area contributed by atoms with Gasteiger partial charge in [-0.3, -0.25) is 0 Å². The predicted octanol–water partition coefficient (Wildman–Crippen LogP) is 3.39. The second-order valence-electron chi connectivity index (χ2n) is 5.27. The zero-order chi connectivity index (χ0) is 13.7. The number of benzene rings is 1. The first-order chi connectivity index (χ1) is 9.67. The Morgan fingerprint density at radius 2 is 1.95 bits per heavy atom. The quantitative estimate of drug-likeness (QED) is 0.667. The lowest BCUT2D eigenvalue weighted by Gasteiger charge is -2.02. The summed E-state index contributed by atoms with van der Waals surface area (Å²) in [6.07, 6.45) is 1.98. The van der Waals surface area contributed by atoms with Gasteiger partial charge >= 0.3 is 0 Å². The number of pyridine rings is 1. The summed E-state index contributed by atoms with van der Waals surface area (Å²) < 4.78 is 20.6. The van der Waals surface area contributed by atoms with Crippen molar-refractivity contribution < 1.29 is 9.13 Å². The van der Waals surface area contributed by atoms with Crippen molar-refractivity contribution in [1.82, 2.24) is 9.38 Å². The smallest absolute Gasteiger partial charge is 0.148 e. The van der Waals surface area contributed by atoms with Crippen LogP contribution < -0.4 is 0 Å². The molecule has 1 aliphatic rings. The molecule has 1 atom stereocenters. The molecule has 4 rings (SSSR count). The minimum Gasteiger partial charge on any atom is -0.361 e. The summed E-state index contributed by atoms with van der Waals surface area (Å²) in [5, 5.41) is 0. The van der Waals surface area contributed by atoms with Crippen molar-refractivity contribution in [3.8, 4) is 11.3 Å². The van der Waals surface area contributed by atoms with Crippen LogP contribution in [0.2, 0.25) is 0 Å². The molecule has 1 aromatic carbocycles. The van der Waals surface area contributed by atoms with Gasteiger partial charge in [0.2, 0.25) is 0 Å². The molecule has 0 saturated carbocycles. The molecule has 4 heteroatoms. The van der Waals surface area contributed by atoms with E-state index in [1.807, 2.05) is 35.7 Å². The van der Waals surface area contributed by atoms with E-state index in [1.54, 1.807) is 12.1 Å². The molecule has 0 N–H and O–H groups in total. The first-order valence-electron chi connectivity index (χ1n) is 6.55. The van der Waals surface area contributed by atoms with E-state index in [2.05, 4.69) is 0 Å². The highest BCUT2D eigenvalue weighted by molar-refractivity contribution is 5.77. The Morgan fingerprint density at radius 1 is 1.20 bits per heavy atom. The first-order valence-corrected chi connectivity index (χ1v) is 6.55. The van der Waals surface area contributed by atoms with Gasteiger partial charge in [0.1, 0.15) is 17.2 Å². The highest BCUT2D eigenvalue weighted by Crippen LogP contribution is 2.39. The molecule has 1 aliphatic heterocycles. The van der Waals surface area contributed by atoms with Gasteiger partial charge in [-0.05, 0) is 43.3 Å². The van der Waals surface area contributed by atoms with Crippen molar-refractivity contribution in [1.29, 1.82) is 0 Å². The largest absolute Gasteiger partial charge is 0.361 e. The van der Waals surface area contributed by atoms with Gasteiger partial charge in [0.25, 0.3) is 0 Å². The number of rotatable bonds is 2. The average molecular weight is 268 g/mol. The predicted molar refractivity (Wildman–Crippen MR) is 73.9 cm³/mol. The number of nitrogens with zero attached hydrogens (tertiary/aromatic N) is 2. The van der Waals surface area contributed by atoms with E-state index in [-0.39, 0.29) is 11.4 Å². The number of ether oxygens (including phenoxy) is 1. The van der Waals surface area contributed by atoms with E-state index >= 15 is 0 Å². The lowest BCUT2D eigenvalue weighted by atomic mass is 10.1. The maximum atomic E-state index is 13.1. The molecule has 1 unspecified atom stereocenters. The Morgan fingerprint density at radius 3 is 2.65 bits per heavy atom. The maximum absolute atomic E-state index is 13.1. The van der Waals surface area contributed by atoms with Crippen LogP contribution in [0.25, 0.3) is 16.8 Å². The first kappa shape index (κ1) is 11.6. The minimum absolute atomic E-state index is 0.241. The molecule has 0 radical (unpaired) electrons. The molecular weight excluding hydrogens is 255 g/mol. The lowest BCUT2D eigenvalue weighted by Crippen LogP contribution is -2.07. The number of fused-ring (bicyclic) bond motifs is 1. The van der Waals surface area contributed by atoms with Crippen LogP contribution in [0.1, 0.15) is 12.7 Å². The molecule has 0 bridgehead atoms. The summed E-state index contributed by atoms with van der Waals surface area (Å²) in [6.45, 7) is 2.72. The molecule has 1 fully saturated rings. The maximum Gasteiger partial charge on any atom is 0.148 e. The van der Waals surface area contributed by atoms with Gasteiger partial charge in [0.05, 0.1) is 17.8 Å². The summed E-state index contributed by atoms with van der Waals surface area (Å²) in [5.41, 5.74) is 2.47. The van der Waals surface area contributed by atoms with Crippen LogP contribution in [0, 0.1) is 5.82 Å². The summed E-state index contributed by atoms with van der Waals surface area (Å²) in [6, 6.07) is 12.4. The second-order valence-corrected chi connectivity index (χ2v) is 5.27. The van der Waals surface area contributed by atoms with E-state index in [0.29, 0.717) is 6.61 Å². The van der Waals surface area contributed by atoms with Crippen LogP contribution in [-0.2, 0) is 10.3 Å². The molecule has 0 spiro atoms.